The second-order valence-electron chi connectivity index (χ2n) is 5.15. The SMILES string of the molecule is O=C(c1cccc(NCC(O)CO)c1)N1CCCCC1. The number of likely N-dealkylation sites (tertiary alicyclic amines) is 1. The largest absolute Gasteiger partial charge is 0.394 e. The zero-order valence-electron chi connectivity index (χ0n) is 11.6. The smallest absolute Gasteiger partial charge is 0.253 e. The molecule has 1 aliphatic rings. The minimum Gasteiger partial charge on any atom is -0.394 e. The Morgan fingerprint density at radius 3 is 2.75 bits per heavy atom. The van der Waals surface area contributed by atoms with Crippen LogP contribution in [0.1, 0.15) is 29.6 Å². The normalized spacial score (nSPS) is 16.8. The second kappa shape index (κ2) is 7.26. The molecule has 20 heavy (non-hydrogen) atoms. The number of aliphatic hydroxyl groups excluding tert-OH is 2. The third-order valence-corrected chi connectivity index (χ3v) is 3.51. The van der Waals surface area contributed by atoms with Crippen LogP contribution >= 0.6 is 0 Å². The molecule has 3 N–H and O–H groups in total. The number of carbonyl (C=O) groups excluding carboxylic acids is 1. The maximum absolute atomic E-state index is 12.4. The first-order valence-corrected chi connectivity index (χ1v) is 7.13. The van der Waals surface area contributed by atoms with Crippen LogP contribution in [0.5, 0.6) is 0 Å². The molecule has 1 fully saturated rings. The molecule has 1 saturated heterocycles. The van der Waals surface area contributed by atoms with E-state index in [2.05, 4.69) is 5.32 Å². The molecule has 1 aliphatic heterocycles. The Morgan fingerprint density at radius 1 is 1.30 bits per heavy atom. The van der Waals surface area contributed by atoms with Crippen LogP contribution in [0.25, 0.3) is 0 Å². The van der Waals surface area contributed by atoms with Crippen LogP contribution in [0.4, 0.5) is 5.69 Å². The van der Waals surface area contributed by atoms with Gasteiger partial charge < -0.3 is 20.4 Å². The van der Waals surface area contributed by atoms with Gasteiger partial charge in [-0.3, -0.25) is 4.79 Å². The molecule has 2 rings (SSSR count). The van der Waals surface area contributed by atoms with Gasteiger partial charge in [0.2, 0.25) is 0 Å². The van der Waals surface area contributed by atoms with E-state index >= 15 is 0 Å². The first kappa shape index (κ1) is 14.8. The van der Waals surface area contributed by atoms with Crippen LogP contribution in [0.3, 0.4) is 0 Å². The molecule has 1 amide bonds. The highest BCUT2D eigenvalue weighted by molar-refractivity contribution is 5.95. The van der Waals surface area contributed by atoms with Crippen molar-refractivity contribution in [1.29, 1.82) is 0 Å². The van der Waals surface area contributed by atoms with Gasteiger partial charge in [-0.25, -0.2) is 0 Å². The molecule has 0 aromatic heterocycles. The number of carbonyl (C=O) groups is 1. The van der Waals surface area contributed by atoms with E-state index in [-0.39, 0.29) is 19.1 Å². The molecular weight excluding hydrogens is 256 g/mol. The number of hydrogen-bond donors (Lipinski definition) is 3. The minimum absolute atomic E-state index is 0.0658. The van der Waals surface area contributed by atoms with E-state index in [1.54, 1.807) is 6.07 Å². The minimum atomic E-state index is -0.795. The highest BCUT2D eigenvalue weighted by atomic mass is 16.3. The standard InChI is InChI=1S/C15H22N2O3/c18-11-14(19)10-16-13-6-4-5-12(9-13)15(20)17-7-2-1-3-8-17/h4-6,9,14,16,18-19H,1-3,7-8,10-11H2. The number of rotatable bonds is 5. The summed E-state index contributed by atoms with van der Waals surface area (Å²) in [5.41, 5.74) is 1.44. The Labute approximate surface area is 119 Å². The van der Waals surface area contributed by atoms with Crippen LogP contribution in [0.2, 0.25) is 0 Å². The molecule has 1 unspecified atom stereocenters. The fourth-order valence-electron chi connectivity index (χ4n) is 2.34. The Hall–Kier alpha value is -1.59. The van der Waals surface area contributed by atoms with Crippen molar-refractivity contribution in [3.05, 3.63) is 29.8 Å². The van der Waals surface area contributed by atoms with E-state index in [1.165, 1.54) is 6.42 Å². The van der Waals surface area contributed by atoms with Gasteiger partial charge in [0.15, 0.2) is 0 Å². The zero-order valence-corrected chi connectivity index (χ0v) is 11.6. The van der Waals surface area contributed by atoms with Crippen LogP contribution in [0.15, 0.2) is 24.3 Å². The van der Waals surface area contributed by atoms with Crippen molar-refractivity contribution >= 4 is 11.6 Å². The summed E-state index contributed by atoms with van der Waals surface area (Å²) in [4.78, 5) is 14.2. The fraction of sp³-hybridized carbons (Fsp3) is 0.533. The van der Waals surface area contributed by atoms with Gasteiger partial charge in [0, 0.05) is 30.9 Å². The van der Waals surface area contributed by atoms with Crippen molar-refractivity contribution in [1.82, 2.24) is 4.90 Å². The van der Waals surface area contributed by atoms with E-state index in [0.29, 0.717) is 5.56 Å². The third kappa shape index (κ3) is 3.95. The molecular formula is C15H22N2O3. The molecule has 1 heterocycles. The highest BCUT2D eigenvalue weighted by Crippen LogP contribution is 2.16. The number of hydrogen-bond acceptors (Lipinski definition) is 4. The number of piperidine rings is 1. The van der Waals surface area contributed by atoms with Crippen molar-refractivity contribution in [2.24, 2.45) is 0 Å². The summed E-state index contributed by atoms with van der Waals surface area (Å²) in [5.74, 6) is 0.0658. The van der Waals surface area contributed by atoms with Gasteiger partial charge in [0.25, 0.3) is 5.91 Å². The van der Waals surface area contributed by atoms with Crippen molar-refractivity contribution in [3.8, 4) is 0 Å². The molecule has 0 saturated carbocycles. The maximum Gasteiger partial charge on any atom is 0.253 e. The van der Waals surface area contributed by atoms with E-state index in [0.717, 1.165) is 31.6 Å². The molecule has 1 aromatic carbocycles. The van der Waals surface area contributed by atoms with Crippen LogP contribution in [-0.2, 0) is 0 Å². The Kier molecular flexibility index (Phi) is 5.38. The summed E-state index contributed by atoms with van der Waals surface area (Å²) in [7, 11) is 0. The zero-order chi connectivity index (χ0) is 14.4. The predicted molar refractivity (Wildman–Crippen MR) is 77.8 cm³/mol. The van der Waals surface area contributed by atoms with Crippen molar-refractivity contribution in [2.45, 2.75) is 25.4 Å². The van der Waals surface area contributed by atoms with Crippen molar-refractivity contribution in [2.75, 3.05) is 31.6 Å². The molecule has 0 aliphatic carbocycles. The average molecular weight is 278 g/mol. The lowest BCUT2D eigenvalue weighted by molar-refractivity contribution is 0.0724. The van der Waals surface area contributed by atoms with E-state index < -0.39 is 6.10 Å². The summed E-state index contributed by atoms with van der Waals surface area (Å²) >= 11 is 0. The van der Waals surface area contributed by atoms with Crippen molar-refractivity contribution in [3.63, 3.8) is 0 Å². The van der Waals surface area contributed by atoms with Gasteiger partial charge in [-0.2, -0.15) is 0 Å². The molecule has 110 valence electrons. The topological polar surface area (TPSA) is 72.8 Å². The fourth-order valence-corrected chi connectivity index (χ4v) is 2.34. The molecule has 5 heteroatoms. The van der Waals surface area contributed by atoms with E-state index in [9.17, 15) is 9.90 Å². The Morgan fingerprint density at radius 2 is 2.05 bits per heavy atom. The van der Waals surface area contributed by atoms with E-state index in [4.69, 9.17) is 5.11 Å². The summed E-state index contributed by atoms with van der Waals surface area (Å²) in [5, 5.41) is 21.1. The Balaban J connectivity index is 1.99. The molecule has 5 nitrogen and oxygen atoms in total. The van der Waals surface area contributed by atoms with Crippen LogP contribution in [0, 0.1) is 0 Å². The third-order valence-electron chi connectivity index (χ3n) is 3.51. The first-order chi connectivity index (χ1) is 9.70. The first-order valence-electron chi connectivity index (χ1n) is 7.13. The van der Waals surface area contributed by atoms with Gasteiger partial charge in [-0.15, -0.1) is 0 Å². The molecule has 1 atom stereocenters. The maximum atomic E-state index is 12.4. The lowest BCUT2D eigenvalue weighted by Gasteiger charge is -2.26. The molecule has 0 spiro atoms. The number of benzene rings is 1. The summed E-state index contributed by atoms with van der Waals surface area (Å²) < 4.78 is 0. The summed E-state index contributed by atoms with van der Waals surface area (Å²) in [6.07, 6.45) is 2.56. The molecule has 0 bridgehead atoms. The van der Waals surface area contributed by atoms with Gasteiger partial charge in [0.1, 0.15) is 0 Å². The van der Waals surface area contributed by atoms with Gasteiger partial charge in [-0.05, 0) is 37.5 Å². The summed E-state index contributed by atoms with van der Waals surface area (Å²) in [6, 6.07) is 7.27. The number of nitrogens with zero attached hydrogens (tertiary/aromatic N) is 1. The quantitative estimate of drug-likeness (QED) is 0.753. The number of amides is 1. The lowest BCUT2D eigenvalue weighted by Crippen LogP contribution is -2.35. The summed E-state index contributed by atoms with van der Waals surface area (Å²) in [6.45, 7) is 1.65. The lowest BCUT2D eigenvalue weighted by atomic mass is 10.1. The second-order valence-corrected chi connectivity index (χ2v) is 5.15. The highest BCUT2D eigenvalue weighted by Gasteiger charge is 2.18. The van der Waals surface area contributed by atoms with Crippen molar-refractivity contribution < 1.29 is 15.0 Å². The number of nitrogens with one attached hydrogen (secondary N) is 1. The van der Waals surface area contributed by atoms with E-state index in [1.807, 2.05) is 23.1 Å². The molecule has 0 radical (unpaired) electrons. The molecule has 1 aromatic rings. The van der Waals surface area contributed by atoms with Crippen LogP contribution < -0.4 is 5.32 Å². The van der Waals surface area contributed by atoms with Crippen LogP contribution in [-0.4, -0.2) is 53.4 Å². The Bertz CT molecular complexity index is 444. The number of aliphatic hydroxyl groups is 2. The van der Waals surface area contributed by atoms with Gasteiger partial charge >= 0.3 is 0 Å². The number of anilines is 1. The predicted octanol–water partition coefficient (Wildman–Crippen LogP) is 1.08. The van der Waals surface area contributed by atoms with Gasteiger partial charge in [0.05, 0.1) is 12.7 Å². The van der Waals surface area contributed by atoms with Gasteiger partial charge in [-0.1, -0.05) is 6.07 Å². The monoisotopic (exact) mass is 278 g/mol. The average Bonchev–Trinajstić information content (AvgIpc) is 2.53.